The number of nitrogens with zero attached hydrogens (tertiary/aromatic N) is 3. The van der Waals surface area contributed by atoms with Crippen molar-refractivity contribution in [2.24, 2.45) is 5.73 Å². The molecular weight excluding hydrogens is 214 g/mol. The minimum Gasteiger partial charge on any atom is -0.329 e. The zero-order valence-corrected chi connectivity index (χ0v) is 11.5. The topological polar surface area (TPSA) is 47.8 Å². The molecule has 0 aliphatic carbocycles. The molecule has 1 heterocycles. The summed E-state index contributed by atoms with van der Waals surface area (Å²) in [5, 5.41) is 3.21. The molecule has 0 unspecified atom stereocenters. The van der Waals surface area contributed by atoms with Crippen LogP contribution in [0.3, 0.4) is 0 Å². The van der Waals surface area contributed by atoms with Crippen LogP contribution in [0.1, 0.15) is 0 Å². The fraction of sp³-hybridized carbons (Fsp3) is 1.00. The lowest BCUT2D eigenvalue weighted by Crippen LogP contribution is -2.49. The van der Waals surface area contributed by atoms with Crippen LogP contribution >= 0.6 is 0 Å². The lowest BCUT2D eigenvalue weighted by Gasteiger charge is -2.35. The van der Waals surface area contributed by atoms with E-state index < -0.39 is 0 Å². The van der Waals surface area contributed by atoms with Crippen LogP contribution in [0.15, 0.2) is 0 Å². The minimum absolute atomic E-state index is 0.758. The Balaban J connectivity index is 2.06. The molecule has 1 aliphatic heterocycles. The third kappa shape index (κ3) is 6.33. The Hall–Kier alpha value is -0.200. The smallest absolute Gasteiger partial charge is 0.0110 e. The molecule has 0 aromatic carbocycles. The molecule has 5 heteroatoms. The maximum absolute atomic E-state index is 5.53. The van der Waals surface area contributed by atoms with E-state index in [4.69, 9.17) is 5.73 Å². The second-order valence-electron chi connectivity index (χ2n) is 4.88. The summed E-state index contributed by atoms with van der Waals surface area (Å²) in [6.45, 7) is 11.2. The van der Waals surface area contributed by atoms with Gasteiger partial charge in [0.05, 0.1) is 0 Å². The van der Waals surface area contributed by atoms with Crippen LogP contribution in [-0.4, -0.2) is 94.2 Å². The average molecular weight is 243 g/mol. The highest BCUT2D eigenvalue weighted by Crippen LogP contribution is 2.00. The number of hydrogen-bond donors (Lipinski definition) is 2. The summed E-state index contributed by atoms with van der Waals surface area (Å²) in [5.74, 6) is 0. The van der Waals surface area contributed by atoms with E-state index in [2.05, 4.69) is 27.1 Å². The van der Waals surface area contributed by atoms with Crippen LogP contribution in [0.5, 0.6) is 0 Å². The zero-order valence-electron chi connectivity index (χ0n) is 11.5. The Kier molecular flexibility index (Phi) is 7.72. The molecule has 5 nitrogen and oxygen atoms in total. The van der Waals surface area contributed by atoms with Gasteiger partial charge in [-0.25, -0.2) is 0 Å². The predicted molar refractivity (Wildman–Crippen MR) is 73.4 cm³/mol. The SMILES string of the molecule is CNCCN1CCN(CCN(C)CCN)CC1. The normalized spacial score (nSPS) is 19.1. The van der Waals surface area contributed by atoms with Crippen LogP contribution in [-0.2, 0) is 0 Å². The first kappa shape index (κ1) is 14.9. The van der Waals surface area contributed by atoms with Gasteiger partial charge in [0.15, 0.2) is 0 Å². The van der Waals surface area contributed by atoms with Crippen LogP contribution < -0.4 is 11.1 Å². The molecule has 0 bridgehead atoms. The number of piperazine rings is 1. The average Bonchev–Trinajstić information content (AvgIpc) is 2.35. The highest BCUT2D eigenvalue weighted by molar-refractivity contribution is 4.73. The monoisotopic (exact) mass is 243 g/mol. The van der Waals surface area contributed by atoms with E-state index in [0.29, 0.717) is 0 Å². The van der Waals surface area contributed by atoms with Crippen molar-refractivity contribution in [3.63, 3.8) is 0 Å². The van der Waals surface area contributed by atoms with Gasteiger partial charge in [-0.15, -0.1) is 0 Å². The van der Waals surface area contributed by atoms with Crippen molar-refractivity contribution in [3.8, 4) is 0 Å². The highest BCUT2D eigenvalue weighted by atomic mass is 15.3. The van der Waals surface area contributed by atoms with Gasteiger partial charge < -0.3 is 16.0 Å². The molecule has 1 saturated heterocycles. The Labute approximate surface area is 106 Å². The molecule has 0 atom stereocenters. The largest absolute Gasteiger partial charge is 0.329 e. The standard InChI is InChI=1S/C12H29N5/c1-14-4-6-16-9-11-17(12-10-16)8-7-15(2)5-3-13/h14H,3-13H2,1-2H3. The van der Waals surface area contributed by atoms with Crippen molar-refractivity contribution in [1.29, 1.82) is 0 Å². The number of nitrogens with two attached hydrogens (primary N) is 1. The van der Waals surface area contributed by atoms with Gasteiger partial charge in [0.1, 0.15) is 0 Å². The first-order chi connectivity index (χ1) is 8.26. The van der Waals surface area contributed by atoms with Crippen molar-refractivity contribution in [2.75, 3.05) is 79.5 Å². The van der Waals surface area contributed by atoms with Crippen molar-refractivity contribution in [1.82, 2.24) is 20.0 Å². The maximum atomic E-state index is 5.53. The van der Waals surface area contributed by atoms with E-state index in [1.807, 2.05) is 7.05 Å². The van der Waals surface area contributed by atoms with Crippen LogP contribution in [0.2, 0.25) is 0 Å². The van der Waals surface area contributed by atoms with Gasteiger partial charge in [-0.3, -0.25) is 9.80 Å². The van der Waals surface area contributed by atoms with Crippen molar-refractivity contribution in [3.05, 3.63) is 0 Å². The van der Waals surface area contributed by atoms with E-state index >= 15 is 0 Å². The van der Waals surface area contributed by atoms with E-state index in [-0.39, 0.29) is 0 Å². The molecular formula is C12H29N5. The Morgan fingerprint density at radius 3 is 2.18 bits per heavy atom. The third-order valence-corrected chi connectivity index (χ3v) is 3.45. The molecule has 1 rings (SSSR count). The van der Waals surface area contributed by atoms with E-state index in [9.17, 15) is 0 Å². The summed E-state index contributed by atoms with van der Waals surface area (Å²) in [6.07, 6.45) is 0. The number of rotatable bonds is 8. The molecule has 0 amide bonds. The number of likely N-dealkylation sites (N-methyl/N-ethyl adjacent to an activating group) is 2. The number of nitrogens with one attached hydrogen (secondary N) is 1. The fourth-order valence-corrected chi connectivity index (χ4v) is 2.15. The molecule has 0 radical (unpaired) electrons. The summed E-state index contributed by atoms with van der Waals surface area (Å²) in [5.41, 5.74) is 5.53. The van der Waals surface area contributed by atoms with Crippen molar-refractivity contribution >= 4 is 0 Å². The van der Waals surface area contributed by atoms with Crippen molar-refractivity contribution < 1.29 is 0 Å². The quantitative estimate of drug-likeness (QED) is 0.556. The van der Waals surface area contributed by atoms with Crippen LogP contribution in [0.4, 0.5) is 0 Å². The van der Waals surface area contributed by atoms with Gasteiger partial charge in [0, 0.05) is 65.4 Å². The van der Waals surface area contributed by atoms with Gasteiger partial charge in [0.2, 0.25) is 0 Å². The lowest BCUT2D eigenvalue weighted by atomic mass is 10.3. The van der Waals surface area contributed by atoms with Gasteiger partial charge in [-0.2, -0.15) is 0 Å². The Morgan fingerprint density at radius 1 is 1.06 bits per heavy atom. The van der Waals surface area contributed by atoms with Gasteiger partial charge >= 0.3 is 0 Å². The van der Waals surface area contributed by atoms with E-state index in [0.717, 1.165) is 26.2 Å². The first-order valence-electron chi connectivity index (χ1n) is 6.74. The summed E-state index contributed by atoms with van der Waals surface area (Å²) < 4.78 is 0. The summed E-state index contributed by atoms with van der Waals surface area (Å²) >= 11 is 0. The molecule has 0 saturated carbocycles. The van der Waals surface area contributed by atoms with Crippen LogP contribution in [0.25, 0.3) is 0 Å². The predicted octanol–water partition coefficient (Wildman–Crippen LogP) is -1.29. The van der Waals surface area contributed by atoms with Crippen LogP contribution in [0, 0.1) is 0 Å². The van der Waals surface area contributed by atoms with Gasteiger partial charge in [-0.05, 0) is 14.1 Å². The minimum atomic E-state index is 0.758. The molecule has 3 N–H and O–H groups in total. The number of hydrogen-bond acceptors (Lipinski definition) is 5. The van der Waals surface area contributed by atoms with E-state index in [1.54, 1.807) is 0 Å². The zero-order chi connectivity index (χ0) is 12.5. The third-order valence-electron chi connectivity index (χ3n) is 3.45. The van der Waals surface area contributed by atoms with E-state index in [1.165, 1.54) is 39.3 Å². The van der Waals surface area contributed by atoms with Crippen molar-refractivity contribution in [2.45, 2.75) is 0 Å². The second kappa shape index (κ2) is 8.83. The lowest BCUT2D eigenvalue weighted by molar-refractivity contribution is 0.124. The first-order valence-corrected chi connectivity index (χ1v) is 6.74. The molecule has 0 spiro atoms. The molecule has 0 aromatic rings. The molecule has 17 heavy (non-hydrogen) atoms. The fourth-order valence-electron chi connectivity index (χ4n) is 2.15. The Bertz CT molecular complexity index is 180. The molecule has 1 aliphatic rings. The molecule has 102 valence electrons. The summed E-state index contributed by atoms with van der Waals surface area (Å²) in [6, 6.07) is 0. The molecule has 0 aromatic heterocycles. The maximum Gasteiger partial charge on any atom is 0.0110 e. The highest BCUT2D eigenvalue weighted by Gasteiger charge is 2.15. The summed E-state index contributed by atoms with van der Waals surface area (Å²) in [4.78, 5) is 7.41. The summed E-state index contributed by atoms with van der Waals surface area (Å²) in [7, 11) is 4.17. The van der Waals surface area contributed by atoms with Gasteiger partial charge in [0.25, 0.3) is 0 Å². The Morgan fingerprint density at radius 2 is 1.65 bits per heavy atom. The van der Waals surface area contributed by atoms with Gasteiger partial charge in [-0.1, -0.05) is 0 Å². The second-order valence-corrected chi connectivity index (χ2v) is 4.88. The molecule has 1 fully saturated rings.